The highest BCUT2D eigenvalue weighted by atomic mass is 19.1. The molecule has 1 aromatic carbocycles. The largest absolute Gasteiger partial charge is 0.325 e. The highest BCUT2D eigenvalue weighted by Crippen LogP contribution is 2.12. The van der Waals surface area contributed by atoms with E-state index in [1.165, 1.54) is 18.6 Å². The van der Waals surface area contributed by atoms with Crippen LogP contribution in [0, 0.1) is 11.7 Å². The number of rotatable bonds is 5. The fourth-order valence-electron chi connectivity index (χ4n) is 2.32. The van der Waals surface area contributed by atoms with Gasteiger partial charge in [0.15, 0.2) is 0 Å². The van der Waals surface area contributed by atoms with Crippen molar-refractivity contribution in [2.45, 2.75) is 6.42 Å². The highest BCUT2D eigenvalue weighted by Gasteiger charge is 2.18. The van der Waals surface area contributed by atoms with Crippen LogP contribution in [0.15, 0.2) is 24.3 Å². The molecule has 19 heavy (non-hydrogen) atoms. The van der Waals surface area contributed by atoms with E-state index in [1.54, 1.807) is 12.1 Å². The molecule has 1 heterocycles. The minimum atomic E-state index is -0.304. The SMILES string of the molecule is CN1CCC(CNCC(=O)Nc2ccc(F)cc2)C1. The van der Waals surface area contributed by atoms with E-state index in [0.29, 0.717) is 11.6 Å². The van der Waals surface area contributed by atoms with Crippen molar-refractivity contribution in [1.29, 1.82) is 0 Å². The first-order valence-electron chi connectivity index (χ1n) is 6.58. The number of anilines is 1. The van der Waals surface area contributed by atoms with Gasteiger partial charge in [-0.1, -0.05) is 0 Å². The van der Waals surface area contributed by atoms with Gasteiger partial charge in [0.25, 0.3) is 0 Å². The number of hydrogen-bond acceptors (Lipinski definition) is 3. The van der Waals surface area contributed by atoms with Gasteiger partial charge in [-0.3, -0.25) is 4.79 Å². The summed E-state index contributed by atoms with van der Waals surface area (Å²) in [5.41, 5.74) is 0.619. The number of nitrogens with one attached hydrogen (secondary N) is 2. The summed E-state index contributed by atoms with van der Waals surface area (Å²) in [6.45, 7) is 3.37. The Morgan fingerprint density at radius 2 is 2.16 bits per heavy atom. The standard InChI is InChI=1S/C14H20FN3O/c1-18-7-6-11(10-18)8-16-9-14(19)17-13-4-2-12(15)3-5-13/h2-5,11,16H,6-10H2,1H3,(H,17,19). The van der Waals surface area contributed by atoms with E-state index in [2.05, 4.69) is 22.6 Å². The zero-order valence-corrected chi connectivity index (χ0v) is 11.2. The molecule has 4 nitrogen and oxygen atoms in total. The topological polar surface area (TPSA) is 44.4 Å². The molecule has 1 amide bonds. The Hall–Kier alpha value is -1.46. The van der Waals surface area contributed by atoms with Gasteiger partial charge in [-0.2, -0.15) is 0 Å². The molecule has 0 aromatic heterocycles. The van der Waals surface area contributed by atoms with Gasteiger partial charge in [0.2, 0.25) is 5.91 Å². The van der Waals surface area contributed by atoms with Crippen LogP contribution in [0.3, 0.4) is 0 Å². The summed E-state index contributed by atoms with van der Waals surface area (Å²) in [6, 6.07) is 5.77. The number of amides is 1. The van der Waals surface area contributed by atoms with Gasteiger partial charge in [-0.25, -0.2) is 4.39 Å². The van der Waals surface area contributed by atoms with Crippen molar-refractivity contribution in [2.75, 3.05) is 38.5 Å². The van der Waals surface area contributed by atoms with Crippen molar-refractivity contribution < 1.29 is 9.18 Å². The third kappa shape index (κ3) is 4.61. The van der Waals surface area contributed by atoms with Crippen molar-refractivity contribution in [3.63, 3.8) is 0 Å². The molecule has 0 saturated carbocycles. The summed E-state index contributed by atoms with van der Waals surface area (Å²) in [6.07, 6.45) is 1.18. The van der Waals surface area contributed by atoms with Crippen LogP contribution in [0.4, 0.5) is 10.1 Å². The Balaban J connectivity index is 1.66. The third-order valence-electron chi connectivity index (χ3n) is 3.34. The average molecular weight is 265 g/mol. The maximum absolute atomic E-state index is 12.7. The number of likely N-dealkylation sites (tertiary alicyclic amines) is 1. The fourth-order valence-corrected chi connectivity index (χ4v) is 2.32. The van der Waals surface area contributed by atoms with E-state index in [1.807, 2.05) is 0 Å². The van der Waals surface area contributed by atoms with Crippen LogP contribution in [0.5, 0.6) is 0 Å². The molecule has 5 heteroatoms. The predicted octanol–water partition coefficient (Wildman–Crippen LogP) is 1.31. The summed E-state index contributed by atoms with van der Waals surface area (Å²) in [4.78, 5) is 14.0. The second-order valence-electron chi connectivity index (χ2n) is 5.10. The van der Waals surface area contributed by atoms with E-state index in [0.717, 1.165) is 19.6 Å². The van der Waals surface area contributed by atoms with Crippen LogP contribution in [0.25, 0.3) is 0 Å². The van der Waals surface area contributed by atoms with Crippen molar-refractivity contribution in [3.05, 3.63) is 30.1 Å². The van der Waals surface area contributed by atoms with Gasteiger partial charge >= 0.3 is 0 Å². The van der Waals surface area contributed by atoms with Gasteiger partial charge < -0.3 is 15.5 Å². The lowest BCUT2D eigenvalue weighted by Crippen LogP contribution is -2.32. The number of benzene rings is 1. The van der Waals surface area contributed by atoms with Crippen LogP contribution >= 0.6 is 0 Å². The van der Waals surface area contributed by atoms with E-state index in [9.17, 15) is 9.18 Å². The minimum Gasteiger partial charge on any atom is -0.325 e. The average Bonchev–Trinajstić information content (AvgIpc) is 2.78. The highest BCUT2D eigenvalue weighted by molar-refractivity contribution is 5.92. The molecule has 2 rings (SSSR count). The molecule has 1 aromatic rings. The Morgan fingerprint density at radius 3 is 2.79 bits per heavy atom. The third-order valence-corrected chi connectivity index (χ3v) is 3.34. The number of hydrogen-bond donors (Lipinski definition) is 2. The zero-order chi connectivity index (χ0) is 13.7. The van der Waals surface area contributed by atoms with Crippen molar-refractivity contribution >= 4 is 11.6 Å². The molecule has 0 radical (unpaired) electrons. The van der Waals surface area contributed by atoms with Crippen molar-refractivity contribution in [2.24, 2.45) is 5.92 Å². The molecule has 1 atom stereocenters. The van der Waals surface area contributed by atoms with Gasteiger partial charge in [-0.05, 0) is 56.7 Å². The normalized spacial score (nSPS) is 19.6. The van der Waals surface area contributed by atoms with E-state index in [4.69, 9.17) is 0 Å². The van der Waals surface area contributed by atoms with Crippen LogP contribution in [0.2, 0.25) is 0 Å². The fraction of sp³-hybridized carbons (Fsp3) is 0.500. The van der Waals surface area contributed by atoms with Crippen molar-refractivity contribution in [1.82, 2.24) is 10.2 Å². The van der Waals surface area contributed by atoms with Crippen LogP contribution in [0.1, 0.15) is 6.42 Å². The summed E-state index contributed by atoms with van der Waals surface area (Å²) in [5, 5.41) is 5.89. The molecular formula is C14H20FN3O. The summed E-state index contributed by atoms with van der Waals surface area (Å²) >= 11 is 0. The molecule has 0 bridgehead atoms. The molecule has 2 N–H and O–H groups in total. The number of halogens is 1. The summed E-state index contributed by atoms with van der Waals surface area (Å²) in [5.74, 6) is 0.225. The molecule has 0 spiro atoms. The maximum Gasteiger partial charge on any atom is 0.238 e. The first-order chi connectivity index (χ1) is 9.13. The lowest BCUT2D eigenvalue weighted by Gasteiger charge is -2.11. The van der Waals surface area contributed by atoms with Gasteiger partial charge in [0.1, 0.15) is 5.82 Å². The van der Waals surface area contributed by atoms with E-state index < -0.39 is 0 Å². The first kappa shape index (κ1) is 14.0. The van der Waals surface area contributed by atoms with Gasteiger partial charge in [-0.15, -0.1) is 0 Å². The maximum atomic E-state index is 12.7. The number of nitrogens with zero attached hydrogens (tertiary/aromatic N) is 1. The molecule has 0 aliphatic carbocycles. The van der Waals surface area contributed by atoms with Gasteiger partial charge in [0, 0.05) is 12.2 Å². The lowest BCUT2D eigenvalue weighted by molar-refractivity contribution is -0.115. The molecule has 1 aliphatic heterocycles. The predicted molar refractivity (Wildman–Crippen MR) is 73.5 cm³/mol. The number of carbonyl (C=O) groups is 1. The zero-order valence-electron chi connectivity index (χ0n) is 11.2. The first-order valence-corrected chi connectivity index (χ1v) is 6.58. The van der Waals surface area contributed by atoms with Gasteiger partial charge in [0.05, 0.1) is 6.54 Å². The lowest BCUT2D eigenvalue weighted by atomic mass is 10.1. The van der Waals surface area contributed by atoms with Crippen molar-refractivity contribution in [3.8, 4) is 0 Å². The van der Waals surface area contributed by atoms with Crippen LogP contribution in [-0.4, -0.2) is 44.0 Å². The smallest absolute Gasteiger partial charge is 0.238 e. The van der Waals surface area contributed by atoms with Crippen LogP contribution in [-0.2, 0) is 4.79 Å². The molecule has 1 aliphatic rings. The molecule has 1 saturated heterocycles. The minimum absolute atomic E-state index is 0.0991. The second kappa shape index (κ2) is 6.63. The van der Waals surface area contributed by atoms with Crippen LogP contribution < -0.4 is 10.6 Å². The van der Waals surface area contributed by atoms with E-state index >= 15 is 0 Å². The summed E-state index contributed by atoms with van der Waals surface area (Å²) < 4.78 is 12.7. The molecule has 104 valence electrons. The Kier molecular flexibility index (Phi) is 4.87. The Labute approximate surface area is 113 Å². The van der Waals surface area contributed by atoms with E-state index in [-0.39, 0.29) is 18.3 Å². The molecule has 1 fully saturated rings. The molecular weight excluding hydrogens is 245 g/mol. The molecule has 1 unspecified atom stereocenters. The Bertz CT molecular complexity index is 421. The second-order valence-corrected chi connectivity index (χ2v) is 5.10. The summed E-state index contributed by atoms with van der Waals surface area (Å²) in [7, 11) is 2.11. The number of carbonyl (C=O) groups excluding carboxylic acids is 1. The Morgan fingerprint density at radius 1 is 1.42 bits per heavy atom. The quantitative estimate of drug-likeness (QED) is 0.843. The monoisotopic (exact) mass is 265 g/mol.